The fourth-order valence-corrected chi connectivity index (χ4v) is 1.06. The van der Waals surface area contributed by atoms with Crippen molar-refractivity contribution in [1.82, 2.24) is 0 Å². The third-order valence-electron chi connectivity index (χ3n) is 1.92. The molecule has 0 amide bonds. The van der Waals surface area contributed by atoms with Crippen LogP contribution >= 0.6 is 0 Å². The molecule has 0 unspecified atom stereocenters. The molecule has 0 aromatic carbocycles. The van der Waals surface area contributed by atoms with Crippen molar-refractivity contribution >= 4 is 11.9 Å². The van der Waals surface area contributed by atoms with E-state index < -0.39 is 24.3 Å². The molecule has 0 rings (SSSR count). The highest BCUT2D eigenvalue weighted by Crippen LogP contribution is 2.23. The van der Waals surface area contributed by atoms with E-state index in [2.05, 4.69) is 9.47 Å². The normalized spacial score (nSPS) is 11.0. The van der Waals surface area contributed by atoms with Gasteiger partial charge in [-0.1, -0.05) is 0 Å². The van der Waals surface area contributed by atoms with Gasteiger partial charge in [0, 0.05) is 12.8 Å². The predicted octanol–water partition coefficient (Wildman–Crippen LogP) is 1.92. The molecule has 0 bridgehead atoms. The molecule has 0 aliphatic heterocycles. The van der Waals surface area contributed by atoms with Gasteiger partial charge in [0.15, 0.2) is 0 Å². The lowest BCUT2D eigenvalue weighted by Crippen LogP contribution is -2.30. The van der Waals surface area contributed by atoms with Crippen molar-refractivity contribution in [2.45, 2.75) is 38.5 Å². The van der Waals surface area contributed by atoms with Gasteiger partial charge in [-0.25, -0.2) is 4.79 Å². The minimum absolute atomic E-state index is 0.0704. The van der Waals surface area contributed by atoms with E-state index in [1.54, 1.807) is 0 Å². The van der Waals surface area contributed by atoms with Gasteiger partial charge in [0.25, 0.3) is 0 Å². The molecule has 4 nitrogen and oxygen atoms in total. The summed E-state index contributed by atoms with van der Waals surface area (Å²) in [6, 6.07) is 0. The molecule has 6 heteroatoms. The highest BCUT2D eigenvalue weighted by molar-refractivity contribution is 5.77. The second-order valence-corrected chi connectivity index (χ2v) is 3.21. The average molecular weight is 238 g/mol. The van der Waals surface area contributed by atoms with E-state index >= 15 is 0 Å². The fourth-order valence-electron chi connectivity index (χ4n) is 1.06. The molecule has 0 aliphatic carbocycles. The molecule has 0 fully saturated rings. The smallest absolute Gasteiger partial charge is 0.376 e. The van der Waals surface area contributed by atoms with Crippen LogP contribution in [0.25, 0.3) is 0 Å². The van der Waals surface area contributed by atoms with Crippen molar-refractivity contribution < 1.29 is 27.8 Å². The second kappa shape index (κ2) is 7.14. The van der Waals surface area contributed by atoms with Crippen molar-refractivity contribution in [2.24, 2.45) is 0 Å². The molecule has 0 saturated carbocycles. The number of unbranched alkanes of at least 4 members (excludes halogenated alkanes) is 1. The molecule has 0 heterocycles. The Morgan fingerprint density at radius 2 is 1.88 bits per heavy atom. The van der Waals surface area contributed by atoms with Crippen molar-refractivity contribution in [1.29, 1.82) is 0 Å². The summed E-state index contributed by atoms with van der Waals surface area (Å²) in [7, 11) is 1.23. The van der Waals surface area contributed by atoms with Gasteiger partial charge < -0.3 is 9.47 Å². The van der Waals surface area contributed by atoms with Gasteiger partial charge in [0.1, 0.15) is 0 Å². The van der Waals surface area contributed by atoms with Crippen LogP contribution in [-0.4, -0.2) is 31.6 Å². The first-order valence-electron chi connectivity index (χ1n) is 5.06. The van der Waals surface area contributed by atoms with Gasteiger partial charge in [-0.3, -0.25) is 4.79 Å². The Morgan fingerprint density at radius 1 is 1.25 bits per heavy atom. The summed E-state index contributed by atoms with van der Waals surface area (Å²) >= 11 is 0. The van der Waals surface area contributed by atoms with Crippen molar-refractivity contribution in [2.75, 3.05) is 13.7 Å². The van der Waals surface area contributed by atoms with Crippen LogP contribution in [0.5, 0.6) is 0 Å². The van der Waals surface area contributed by atoms with Crippen LogP contribution in [0.15, 0.2) is 0 Å². The summed E-state index contributed by atoms with van der Waals surface area (Å²) in [5.41, 5.74) is 0. The van der Waals surface area contributed by atoms with E-state index in [1.165, 1.54) is 14.0 Å². The van der Waals surface area contributed by atoms with Gasteiger partial charge in [-0.05, 0) is 19.8 Å². The standard InChI is InChI=1S/C10H16F2O4/c1-3-16-9(14)10(11,12)7-5-4-6-8(13)15-2/h3-7H2,1-2H3. The van der Waals surface area contributed by atoms with Crippen LogP contribution in [0.3, 0.4) is 0 Å². The van der Waals surface area contributed by atoms with Crippen LogP contribution < -0.4 is 0 Å². The lowest BCUT2D eigenvalue weighted by molar-refractivity contribution is -0.172. The maximum atomic E-state index is 13.0. The van der Waals surface area contributed by atoms with Crippen LogP contribution in [0, 0.1) is 0 Å². The molecule has 0 aromatic rings. The maximum Gasteiger partial charge on any atom is 0.376 e. The summed E-state index contributed by atoms with van der Waals surface area (Å²) in [6.07, 6.45) is -0.194. The topological polar surface area (TPSA) is 52.6 Å². The fraction of sp³-hybridized carbons (Fsp3) is 0.800. The van der Waals surface area contributed by atoms with E-state index in [0.29, 0.717) is 0 Å². The Labute approximate surface area is 92.9 Å². The van der Waals surface area contributed by atoms with Crippen LogP contribution in [0.4, 0.5) is 8.78 Å². The number of rotatable bonds is 7. The predicted molar refractivity (Wildman–Crippen MR) is 52.1 cm³/mol. The van der Waals surface area contributed by atoms with Crippen LogP contribution in [-0.2, 0) is 19.1 Å². The van der Waals surface area contributed by atoms with E-state index in [0.717, 1.165) is 0 Å². The van der Waals surface area contributed by atoms with E-state index in [4.69, 9.17) is 0 Å². The lowest BCUT2D eigenvalue weighted by Gasteiger charge is -2.13. The summed E-state index contributed by atoms with van der Waals surface area (Å²) in [5, 5.41) is 0. The molecule has 0 atom stereocenters. The zero-order valence-corrected chi connectivity index (χ0v) is 9.42. The Bertz CT molecular complexity index is 241. The van der Waals surface area contributed by atoms with Gasteiger partial charge in [0.05, 0.1) is 13.7 Å². The Morgan fingerprint density at radius 3 is 2.38 bits per heavy atom. The molecular formula is C10H16F2O4. The minimum Gasteiger partial charge on any atom is -0.469 e. The van der Waals surface area contributed by atoms with Gasteiger partial charge in [-0.15, -0.1) is 0 Å². The number of methoxy groups -OCH3 is 1. The van der Waals surface area contributed by atoms with E-state index in [1.807, 2.05) is 0 Å². The van der Waals surface area contributed by atoms with Gasteiger partial charge >= 0.3 is 17.9 Å². The van der Waals surface area contributed by atoms with E-state index in [9.17, 15) is 18.4 Å². The highest BCUT2D eigenvalue weighted by atomic mass is 19.3. The molecule has 0 spiro atoms. The van der Waals surface area contributed by atoms with Gasteiger partial charge in [0.2, 0.25) is 0 Å². The Kier molecular flexibility index (Phi) is 6.60. The first kappa shape index (κ1) is 14.8. The molecular weight excluding hydrogens is 222 g/mol. The third kappa shape index (κ3) is 5.63. The third-order valence-corrected chi connectivity index (χ3v) is 1.92. The summed E-state index contributed by atoms with van der Waals surface area (Å²) in [4.78, 5) is 21.5. The maximum absolute atomic E-state index is 13.0. The lowest BCUT2D eigenvalue weighted by atomic mass is 10.1. The SMILES string of the molecule is CCOC(=O)C(F)(F)CCCCC(=O)OC. The molecule has 0 saturated heterocycles. The van der Waals surface area contributed by atoms with Crippen molar-refractivity contribution in [3.05, 3.63) is 0 Å². The quantitative estimate of drug-likeness (QED) is 0.502. The first-order valence-corrected chi connectivity index (χ1v) is 5.06. The number of alkyl halides is 2. The molecule has 0 N–H and O–H groups in total. The molecule has 94 valence electrons. The number of ether oxygens (including phenoxy) is 2. The zero-order valence-electron chi connectivity index (χ0n) is 9.42. The number of hydrogen-bond acceptors (Lipinski definition) is 4. The second-order valence-electron chi connectivity index (χ2n) is 3.21. The molecule has 0 radical (unpaired) electrons. The first-order chi connectivity index (χ1) is 7.44. The Hall–Kier alpha value is -1.20. The van der Waals surface area contributed by atoms with Crippen molar-refractivity contribution in [3.8, 4) is 0 Å². The summed E-state index contributed by atoms with van der Waals surface area (Å²) < 4.78 is 34.6. The van der Waals surface area contributed by atoms with Crippen LogP contribution in [0.2, 0.25) is 0 Å². The van der Waals surface area contributed by atoms with E-state index in [-0.39, 0.29) is 25.9 Å². The summed E-state index contributed by atoms with van der Waals surface area (Å²) in [5.74, 6) is -5.42. The number of carbonyl (C=O) groups excluding carboxylic acids is 2. The number of halogens is 2. The zero-order chi connectivity index (χ0) is 12.6. The highest BCUT2D eigenvalue weighted by Gasteiger charge is 2.39. The number of carbonyl (C=O) groups is 2. The minimum atomic E-state index is -3.47. The largest absolute Gasteiger partial charge is 0.469 e. The molecule has 0 aliphatic rings. The Balaban J connectivity index is 3.82. The summed E-state index contributed by atoms with van der Waals surface area (Å²) in [6.45, 7) is 1.39. The van der Waals surface area contributed by atoms with Crippen molar-refractivity contribution in [3.63, 3.8) is 0 Å². The van der Waals surface area contributed by atoms with Crippen LogP contribution in [0.1, 0.15) is 32.6 Å². The molecule has 16 heavy (non-hydrogen) atoms. The monoisotopic (exact) mass is 238 g/mol. The average Bonchev–Trinajstić information content (AvgIpc) is 2.24. The van der Waals surface area contributed by atoms with Gasteiger partial charge in [-0.2, -0.15) is 8.78 Å². The molecule has 0 aromatic heterocycles. The number of esters is 2. The number of hydrogen-bond donors (Lipinski definition) is 0.